The molecule has 0 aliphatic rings. The van der Waals surface area contributed by atoms with E-state index in [9.17, 15) is 0 Å². The Morgan fingerprint density at radius 3 is 2.33 bits per heavy atom. The first kappa shape index (κ1) is 15.3. The molecule has 0 atom stereocenters. The number of hydrogen-bond donors (Lipinski definition) is 1. The van der Waals surface area contributed by atoms with Crippen molar-refractivity contribution in [2.45, 2.75) is 32.7 Å². The number of nitrogens with zero attached hydrogens (tertiary/aromatic N) is 1. The standard InChI is InChI=1S/C19H24N2/c1-19(2,3)17-12-8-11-16(18(17)20-4)14-21-13-15-9-6-5-7-10-15/h5-12,14,20H,13H2,1-4H3. The molecule has 0 radical (unpaired) electrons. The van der Waals surface area contributed by atoms with E-state index in [0.717, 1.165) is 5.56 Å². The van der Waals surface area contributed by atoms with Crippen molar-refractivity contribution in [3.05, 3.63) is 65.2 Å². The van der Waals surface area contributed by atoms with Gasteiger partial charge in [0.1, 0.15) is 0 Å². The minimum Gasteiger partial charge on any atom is -0.387 e. The van der Waals surface area contributed by atoms with Gasteiger partial charge in [-0.05, 0) is 16.5 Å². The lowest BCUT2D eigenvalue weighted by molar-refractivity contribution is 0.592. The van der Waals surface area contributed by atoms with Crippen LogP contribution in [0, 0.1) is 0 Å². The zero-order chi connectivity index (χ0) is 15.3. The van der Waals surface area contributed by atoms with Crippen LogP contribution in [0.3, 0.4) is 0 Å². The number of para-hydroxylation sites is 1. The maximum atomic E-state index is 4.58. The Kier molecular flexibility index (Phi) is 4.79. The zero-order valence-electron chi connectivity index (χ0n) is 13.4. The van der Waals surface area contributed by atoms with Gasteiger partial charge in [-0.1, -0.05) is 69.3 Å². The molecule has 0 amide bonds. The molecule has 0 spiro atoms. The van der Waals surface area contributed by atoms with Gasteiger partial charge in [-0.15, -0.1) is 0 Å². The summed E-state index contributed by atoms with van der Waals surface area (Å²) in [6.45, 7) is 7.40. The van der Waals surface area contributed by atoms with E-state index in [0.29, 0.717) is 6.54 Å². The summed E-state index contributed by atoms with van der Waals surface area (Å²) in [6, 6.07) is 16.7. The fourth-order valence-corrected chi connectivity index (χ4v) is 2.41. The quantitative estimate of drug-likeness (QED) is 0.810. The number of hydrogen-bond acceptors (Lipinski definition) is 2. The Morgan fingerprint density at radius 2 is 1.71 bits per heavy atom. The lowest BCUT2D eigenvalue weighted by Gasteiger charge is -2.24. The normalized spacial score (nSPS) is 11.8. The molecule has 2 aromatic rings. The van der Waals surface area contributed by atoms with Crippen molar-refractivity contribution in [2.75, 3.05) is 12.4 Å². The van der Waals surface area contributed by atoms with E-state index in [2.05, 4.69) is 61.4 Å². The van der Waals surface area contributed by atoms with Crippen molar-refractivity contribution in [1.82, 2.24) is 0 Å². The molecule has 2 aromatic carbocycles. The first-order chi connectivity index (χ1) is 10.0. The van der Waals surface area contributed by atoms with Gasteiger partial charge < -0.3 is 5.32 Å². The van der Waals surface area contributed by atoms with Crippen LogP contribution in [0.1, 0.15) is 37.5 Å². The lowest BCUT2D eigenvalue weighted by Crippen LogP contribution is -2.15. The van der Waals surface area contributed by atoms with Gasteiger partial charge in [0.2, 0.25) is 0 Å². The molecule has 0 aliphatic heterocycles. The third-order valence-electron chi connectivity index (χ3n) is 3.50. The summed E-state index contributed by atoms with van der Waals surface area (Å²) >= 11 is 0. The van der Waals surface area contributed by atoms with Crippen LogP contribution in [0.25, 0.3) is 0 Å². The second-order valence-electron chi connectivity index (χ2n) is 6.23. The molecule has 2 rings (SSSR count). The van der Waals surface area contributed by atoms with Gasteiger partial charge in [0.05, 0.1) is 6.54 Å². The minimum absolute atomic E-state index is 0.113. The molecule has 110 valence electrons. The van der Waals surface area contributed by atoms with Gasteiger partial charge in [-0.2, -0.15) is 0 Å². The fraction of sp³-hybridized carbons (Fsp3) is 0.316. The second kappa shape index (κ2) is 6.57. The summed E-state index contributed by atoms with van der Waals surface area (Å²) in [7, 11) is 1.97. The van der Waals surface area contributed by atoms with Gasteiger partial charge in [-0.3, -0.25) is 4.99 Å². The summed E-state index contributed by atoms with van der Waals surface area (Å²) < 4.78 is 0. The van der Waals surface area contributed by atoms with Crippen LogP contribution in [0.2, 0.25) is 0 Å². The summed E-state index contributed by atoms with van der Waals surface area (Å²) in [5, 5.41) is 3.33. The maximum Gasteiger partial charge on any atom is 0.0639 e. The van der Waals surface area contributed by atoms with Crippen LogP contribution in [0.5, 0.6) is 0 Å². The number of aliphatic imine (C=N–C) groups is 1. The first-order valence-electron chi connectivity index (χ1n) is 7.37. The highest BCUT2D eigenvalue weighted by molar-refractivity contribution is 5.89. The SMILES string of the molecule is CNc1c(C=NCc2ccccc2)cccc1C(C)(C)C. The van der Waals surface area contributed by atoms with E-state index in [1.54, 1.807) is 0 Å². The van der Waals surface area contributed by atoms with Gasteiger partial charge in [0, 0.05) is 24.5 Å². The van der Waals surface area contributed by atoms with Crippen molar-refractivity contribution in [3.8, 4) is 0 Å². The van der Waals surface area contributed by atoms with Crippen LogP contribution in [-0.2, 0) is 12.0 Å². The highest BCUT2D eigenvalue weighted by Gasteiger charge is 2.18. The summed E-state index contributed by atoms with van der Waals surface area (Å²) in [5.41, 5.74) is 4.96. The van der Waals surface area contributed by atoms with Crippen LogP contribution < -0.4 is 5.32 Å². The van der Waals surface area contributed by atoms with E-state index in [1.165, 1.54) is 16.8 Å². The van der Waals surface area contributed by atoms with Crippen LogP contribution in [0.15, 0.2) is 53.5 Å². The Labute approximate surface area is 127 Å². The van der Waals surface area contributed by atoms with Crippen LogP contribution in [0.4, 0.5) is 5.69 Å². The van der Waals surface area contributed by atoms with Crippen LogP contribution in [-0.4, -0.2) is 13.3 Å². The number of rotatable bonds is 4. The Morgan fingerprint density at radius 1 is 1.00 bits per heavy atom. The summed E-state index contributed by atoms with van der Waals surface area (Å²) in [6.07, 6.45) is 1.97. The van der Waals surface area contributed by atoms with Crippen molar-refractivity contribution in [1.29, 1.82) is 0 Å². The molecule has 0 aromatic heterocycles. The molecule has 21 heavy (non-hydrogen) atoms. The number of anilines is 1. The molecule has 0 saturated carbocycles. The van der Waals surface area contributed by atoms with Crippen molar-refractivity contribution in [2.24, 2.45) is 4.99 Å². The van der Waals surface area contributed by atoms with E-state index >= 15 is 0 Å². The molecule has 0 aliphatic carbocycles. The van der Waals surface area contributed by atoms with E-state index in [1.807, 2.05) is 31.5 Å². The van der Waals surface area contributed by atoms with Crippen molar-refractivity contribution in [3.63, 3.8) is 0 Å². The third kappa shape index (κ3) is 3.94. The van der Waals surface area contributed by atoms with Gasteiger partial charge in [0.15, 0.2) is 0 Å². The van der Waals surface area contributed by atoms with E-state index < -0.39 is 0 Å². The molecule has 0 fully saturated rings. The highest BCUT2D eigenvalue weighted by Crippen LogP contribution is 2.31. The van der Waals surface area contributed by atoms with E-state index in [-0.39, 0.29) is 5.41 Å². The van der Waals surface area contributed by atoms with Crippen molar-refractivity contribution >= 4 is 11.9 Å². The molecular formula is C19H24N2. The second-order valence-corrected chi connectivity index (χ2v) is 6.23. The lowest BCUT2D eigenvalue weighted by atomic mass is 9.84. The van der Waals surface area contributed by atoms with Gasteiger partial charge in [0.25, 0.3) is 0 Å². The summed E-state index contributed by atoms with van der Waals surface area (Å²) in [5.74, 6) is 0. The van der Waals surface area contributed by atoms with Gasteiger partial charge >= 0.3 is 0 Å². The predicted octanol–water partition coefficient (Wildman–Crippen LogP) is 4.64. The average Bonchev–Trinajstić information content (AvgIpc) is 2.47. The Balaban J connectivity index is 2.24. The summed E-state index contributed by atoms with van der Waals surface area (Å²) in [4.78, 5) is 4.58. The topological polar surface area (TPSA) is 24.4 Å². The molecule has 0 heterocycles. The first-order valence-corrected chi connectivity index (χ1v) is 7.37. The molecule has 1 N–H and O–H groups in total. The third-order valence-corrected chi connectivity index (χ3v) is 3.50. The Hall–Kier alpha value is -2.09. The number of benzene rings is 2. The molecule has 0 unspecified atom stereocenters. The fourth-order valence-electron chi connectivity index (χ4n) is 2.41. The average molecular weight is 280 g/mol. The minimum atomic E-state index is 0.113. The highest BCUT2D eigenvalue weighted by atomic mass is 14.8. The monoisotopic (exact) mass is 280 g/mol. The smallest absolute Gasteiger partial charge is 0.0639 e. The molecule has 0 saturated heterocycles. The van der Waals surface area contributed by atoms with Gasteiger partial charge in [-0.25, -0.2) is 0 Å². The molecule has 2 nitrogen and oxygen atoms in total. The largest absolute Gasteiger partial charge is 0.387 e. The molecule has 0 bridgehead atoms. The number of nitrogens with one attached hydrogen (secondary N) is 1. The Bertz CT molecular complexity index is 607. The predicted molar refractivity (Wildman–Crippen MR) is 92.4 cm³/mol. The van der Waals surface area contributed by atoms with Crippen LogP contribution >= 0.6 is 0 Å². The molecular weight excluding hydrogens is 256 g/mol. The van der Waals surface area contributed by atoms with E-state index in [4.69, 9.17) is 0 Å². The maximum absolute atomic E-state index is 4.58. The zero-order valence-corrected chi connectivity index (χ0v) is 13.4. The molecule has 2 heteroatoms. The van der Waals surface area contributed by atoms with Crippen molar-refractivity contribution < 1.29 is 0 Å².